The van der Waals surface area contributed by atoms with Gasteiger partial charge in [-0.05, 0) is 38.1 Å². The Bertz CT molecular complexity index is 1120. The highest BCUT2D eigenvalue weighted by Crippen LogP contribution is 2.33. The lowest BCUT2D eigenvalue weighted by Crippen LogP contribution is -2.31. The lowest BCUT2D eigenvalue weighted by atomic mass is 10.1. The molecule has 164 valence electrons. The molecule has 0 bridgehead atoms. The Morgan fingerprint density at radius 1 is 0.875 bits per heavy atom. The van der Waals surface area contributed by atoms with Crippen LogP contribution in [0.2, 0.25) is 0 Å². The quantitative estimate of drug-likeness (QED) is 0.345. The molecule has 0 radical (unpaired) electrons. The molecule has 4 aromatic rings. The smallest absolute Gasteiger partial charge is 0.254 e. The highest BCUT2D eigenvalue weighted by Gasteiger charge is 2.26. The van der Waals surface area contributed by atoms with Gasteiger partial charge in [0.25, 0.3) is 5.91 Å². The molecule has 6 nitrogen and oxygen atoms in total. The van der Waals surface area contributed by atoms with Crippen molar-refractivity contribution in [2.45, 2.75) is 26.9 Å². The van der Waals surface area contributed by atoms with E-state index in [4.69, 9.17) is 8.94 Å². The average molecular weight is 430 g/mol. The number of benzene rings is 2. The van der Waals surface area contributed by atoms with Gasteiger partial charge in [0.2, 0.25) is 5.88 Å². The molecule has 1 amide bonds. The molecule has 0 saturated carbocycles. The van der Waals surface area contributed by atoms with Crippen LogP contribution < -0.4 is 4.90 Å². The van der Waals surface area contributed by atoms with Crippen LogP contribution in [0.1, 0.15) is 35.5 Å². The summed E-state index contributed by atoms with van der Waals surface area (Å²) in [4.78, 5) is 17.4. The molecule has 4 rings (SSSR count). The van der Waals surface area contributed by atoms with Crippen molar-refractivity contribution in [1.82, 2.24) is 10.1 Å². The van der Waals surface area contributed by atoms with Gasteiger partial charge < -0.3 is 18.7 Å². The van der Waals surface area contributed by atoms with Crippen LogP contribution in [0.4, 0.5) is 5.88 Å². The summed E-state index contributed by atoms with van der Waals surface area (Å²) >= 11 is 0. The monoisotopic (exact) mass is 429 g/mol. The molecular formula is C26H27N3O3. The Kier molecular flexibility index (Phi) is 6.70. The predicted molar refractivity (Wildman–Crippen MR) is 124 cm³/mol. The number of hydrogen-bond donors (Lipinski definition) is 0. The van der Waals surface area contributed by atoms with Gasteiger partial charge in [0.1, 0.15) is 11.5 Å². The minimum absolute atomic E-state index is 0.0762. The van der Waals surface area contributed by atoms with Gasteiger partial charge in [0, 0.05) is 24.2 Å². The molecule has 32 heavy (non-hydrogen) atoms. The molecule has 0 atom stereocenters. The zero-order chi connectivity index (χ0) is 22.3. The van der Waals surface area contributed by atoms with Gasteiger partial charge in [-0.3, -0.25) is 4.79 Å². The molecule has 0 aliphatic carbocycles. The van der Waals surface area contributed by atoms with Gasteiger partial charge in [0.15, 0.2) is 0 Å². The third-order valence-corrected chi connectivity index (χ3v) is 5.45. The Balaban J connectivity index is 1.76. The molecule has 2 aromatic heterocycles. The van der Waals surface area contributed by atoms with Crippen molar-refractivity contribution in [1.29, 1.82) is 0 Å². The predicted octanol–water partition coefficient (Wildman–Crippen LogP) is 5.62. The van der Waals surface area contributed by atoms with Crippen molar-refractivity contribution in [3.63, 3.8) is 0 Å². The van der Waals surface area contributed by atoms with Gasteiger partial charge >= 0.3 is 0 Å². The van der Waals surface area contributed by atoms with Crippen LogP contribution in [0.25, 0.3) is 11.3 Å². The van der Waals surface area contributed by atoms with E-state index in [1.54, 1.807) is 11.2 Å². The molecule has 0 unspecified atom stereocenters. The first-order valence-electron chi connectivity index (χ1n) is 10.9. The van der Waals surface area contributed by atoms with Gasteiger partial charge in [-0.2, -0.15) is 0 Å². The standard InChI is InChI=1S/C26H27N3O3/c1-3-28(4-2)26-23(24(27-32-26)20-12-7-5-8-13-20)19-29(18-22-16-11-17-31-22)25(30)21-14-9-6-10-15-21/h5-17H,3-4,18-19H2,1-2H3. The number of carbonyl (C=O) groups excluding carboxylic acids is 1. The number of hydrogen-bond acceptors (Lipinski definition) is 5. The number of nitrogens with zero attached hydrogens (tertiary/aromatic N) is 3. The minimum atomic E-state index is -0.0762. The van der Waals surface area contributed by atoms with Crippen LogP contribution >= 0.6 is 0 Å². The fourth-order valence-electron chi connectivity index (χ4n) is 3.77. The summed E-state index contributed by atoms with van der Waals surface area (Å²) in [6, 6.07) is 22.9. The van der Waals surface area contributed by atoms with Crippen LogP contribution in [0.15, 0.2) is 88.0 Å². The number of furan rings is 1. The lowest BCUT2D eigenvalue weighted by Gasteiger charge is -2.24. The first-order valence-corrected chi connectivity index (χ1v) is 10.9. The summed E-state index contributed by atoms with van der Waals surface area (Å²) in [5.41, 5.74) is 3.21. The summed E-state index contributed by atoms with van der Waals surface area (Å²) in [5, 5.41) is 4.41. The van der Waals surface area contributed by atoms with E-state index in [-0.39, 0.29) is 5.91 Å². The van der Waals surface area contributed by atoms with E-state index < -0.39 is 0 Å². The Labute approximate surface area is 188 Å². The number of rotatable bonds is 9. The molecule has 6 heteroatoms. The topological polar surface area (TPSA) is 62.7 Å². The molecule has 0 aliphatic heterocycles. The highest BCUT2D eigenvalue weighted by atomic mass is 16.5. The van der Waals surface area contributed by atoms with Gasteiger partial charge in [-0.1, -0.05) is 53.7 Å². The number of carbonyl (C=O) groups is 1. The fraction of sp³-hybridized carbons (Fsp3) is 0.231. The number of amides is 1. The van der Waals surface area contributed by atoms with Crippen LogP contribution in [0, 0.1) is 0 Å². The maximum Gasteiger partial charge on any atom is 0.254 e. The van der Waals surface area contributed by atoms with E-state index in [0.717, 1.165) is 35.7 Å². The Morgan fingerprint density at radius 3 is 2.19 bits per heavy atom. The molecular weight excluding hydrogens is 402 g/mol. The number of aromatic nitrogens is 1. The van der Waals surface area contributed by atoms with Crippen molar-refractivity contribution >= 4 is 11.8 Å². The second-order valence-corrected chi connectivity index (χ2v) is 7.46. The van der Waals surface area contributed by atoms with Crippen molar-refractivity contribution in [2.75, 3.05) is 18.0 Å². The average Bonchev–Trinajstić information content (AvgIpc) is 3.51. The largest absolute Gasteiger partial charge is 0.467 e. The number of anilines is 1. The van der Waals surface area contributed by atoms with E-state index in [1.165, 1.54) is 0 Å². The SMILES string of the molecule is CCN(CC)c1onc(-c2ccccc2)c1CN(Cc1ccco1)C(=O)c1ccccc1. The minimum Gasteiger partial charge on any atom is -0.467 e. The van der Waals surface area contributed by atoms with Crippen molar-refractivity contribution in [3.8, 4) is 11.3 Å². The lowest BCUT2D eigenvalue weighted by molar-refractivity contribution is 0.0718. The van der Waals surface area contributed by atoms with Crippen molar-refractivity contribution in [3.05, 3.63) is 95.9 Å². The summed E-state index contributed by atoms with van der Waals surface area (Å²) in [7, 11) is 0. The zero-order valence-corrected chi connectivity index (χ0v) is 18.4. The van der Waals surface area contributed by atoms with Crippen LogP contribution in [-0.4, -0.2) is 29.1 Å². The van der Waals surface area contributed by atoms with E-state index >= 15 is 0 Å². The zero-order valence-electron chi connectivity index (χ0n) is 18.4. The second-order valence-electron chi connectivity index (χ2n) is 7.46. The summed E-state index contributed by atoms with van der Waals surface area (Å²) in [6.45, 7) is 6.39. The molecule has 0 fully saturated rings. The Morgan fingerprint density at radius 2 is 1.56 bits per heavy atom. The van der Waals surface area contributed by atoms with E-state index in [2.05, 4.69) is 23.9 Å². The molecule has 0 saturated heterocycles. The van der Waals surface area contributed by atoms with E-state index in [9.17, 15) is 4.79 Å². The molecule has 0 aliphatic rings. The first-order chi connectivity index (χ1) is 15.7. The molecule has 0 spiro atoms. The summed E-state index contributed by atoms with van der Waals surface area (Å²) < 4.78 is 11.4. The third-order valence-electron chi connectivity index (χ3n) is 5.45. The maximum absolute atomic E-state index is 13.5. The highest BCUT2D eigenvalue weighted by molar-refractivity contribution is 5.94. The van der Waals surface area contributed by atoms with Gasteiger partial charge in [-0.15, -0.1) is 0 Å². The normalized spacial score (nSPS) is 10.8. The summed E-state index contributed by atoms with van der Waals surface area (Å²) in [5.74, 6) is 1.34. The van der Waals surface area contributed by atoms with Crippen molar-refractivity contribution < 1.29 is 13.7 Å². The van der Waals surface area contributed by atoms with Gasteiger partial charge in [-0.25, -0.2) is 0 Å². The van der Waals surface area contributed by atoms with Crippen LogP contribution in [0.5, 0.6) is 0 Å². The van der Waals surface area contributed by atoms with Crippen molar-refractivity contribution in [2.24, 2.45) is 0 Å². The maximum atomic E-state index is 13.5. The molecule has 0 N–H and O–H groups in total. The fourth-order valence-corrected chi connectivity index (χ4v) is 3.77. The van der Waals surface area contributed by atoms with Crippen LogP contribution in [-0.2, 0) is 13.1 Å². The second kappa shape index (κ2) is 10.0. The summed E-state index contributed by atoms with van der Waals surface area (Å²) in [6.07, 6.45) is 1.62. The van der Waals surface area contributed by atoms with E-state index in [1.807, 2.05) is 72.8 Å². The molecule has 2 heterocycles. The Hall–Kier alpha value is -3.80. The first kappa shape index (κ1) is 21.4. The third kappa shape index (κ3) is 4.59. The van der Waals surface area contributed by atoms with Crippen LogP contribution in [0.3, 0.4) is 0 Å². The molecule has 2 aromatic carbocycles. The van der Waals surface area contributed by atoms with Gasteiger partial charge in [0.05, 0.1) is 24.9 Å². The van der Waals surface area contributed by atoms with E-state index in [0.29, 0.717) is 24.5 Å².